The molecule has 11 nitrogen and oxygen atoms in total. The summed E-state index contributed by atoms with van der Waals surface area (Å²) in [5.41, 5.74) is 1.12. The van der Waals surface area contributed by atoms with Crippen molar-refractivity contribution in [2.24, 2.45) is 0 Å². The number of rotatable bonds is 8. The van der Waals surface area contributed by atoms with Crippen LogP contribution in [-0.4, -0.2) is 80.8 Å². The Labute approximate surface area is 218 Å². The van der Waals surface area contributed by atoms with Crippen molar-refractivity contribution < 1.29 is 23.9 Å². The molecule has 3 heterocycles. The highest BCUT2D eigenvalue weighted by molar-refractivity contribution is 6.10. The highest BCUT2D eigenvalue weighted by Gasteiger charge is 2.35. The third kappa shape index (κ3) is 4.91. The second kappa shape index (κ2) is 9.35. The van der Waals surface area contributed by atoms with Crippen LogP contribution in [0, 0.1) is 0 Å². The van der Waals surface area contributed by atoms with Crippen LogP contribution >= 0.6 is 0 Å². The van der Waals surface area contributed by atoms with Gasteiger partial charge in [-0.05, 0) is 50.5 Å². The van der Waals surface area contributed by atoms with Crippen molar-refractivity contribution in [3.8, 4) is 0 Å². The van der Waals surface area contributed by atoms with Gasteiger partial charge < -0.3 is 25.5 Å². The molecule has 1 fully saturated rings. The normalized spacial score (nSPS) is 15.9. The molecule has 1 unspecified atom stereocenters. The van der Waals surface area contributed by atoms with E-state index in [2.05, 4.69) is 20.7 Å². The topological polar surface area (TPSA) is 132 Å². The number of aromatic nitrogens is 3. The molecule has 2 aromatic heterocycles. The Morgan fingerprint density at radius 3 is 2.66 bits per heavy atom. The van der Waals surface area contributed by atoms with E-state index in [1.165, 1.54) is 29.5 Å². The molecule has 3 aromatic rings. The largest absolute Gasteiger partial charge is 0.387 e. The fourth-order valence-electron chi connectivity index (χ4n) is 4.28. The maximum atomic E-state index is 14.5. The van der Waals surface area contributed by atoms with Gasteiger partial charge in [0.2, 0.25) is 0 Å². The highest BCUT2D eigenvalue weighted by Crippen LogP contribution is 2.34. The van der Waals surface area contributed by atoms with E-state index in [0.29, 0.717) is 22.5 Å². The minimum atomic E-state index is -1.62. The van der Waals surface area contributed by atoms with Crippen molar-refractivity contribution in [1.29, 1.82) is 0 Å². The van der Waals surface area contributed by atoms with Gasteiger partial charge in [0.25, 0.3) is 17.7 Å². The van der Waals surface area contributed by atoms with Crippen molar-refractivity contribution in [2.45, 2.75) is 51.0 Å². The van der Waals surface area contributed by atoms with Crippen molar-refractivity contribution in [3.63, 3.8) is 0 Å². The summed E-state index contributed by atoms with van der Waals surface area (Å²) in [6.07, 6.45) is 3.23. The molecule has 1 aromatic carbocycles. The van der Waals surface area contributed by atoms with Crippen LogP contribution in [0.1, 0.15) is 63.5 Å². The van der Waals surface area contributed by atoms with E-state index in [1.807, 2.05) is 0 Å². The van der Waals surface area contributed by atoms with Gasteiger partial charge in [-0.3, -0.25) is 14.4 Å². The molecule has 1 atom stereocenters. The van der Waals surface area contributed by atoms with Crippen LogP contribution in [0.25, 0.3) is 5.65 Å². The summed E-state index contributed by atoms with van der Waals surface area (Å²) in [4.78, 5) is 46.3. The van der Waals surface area contributed by atoms with Gasteiger partial charge in [0.05, 0.1) is 29.7 Å². The Balaban J connectivity index is 1.41. The minimum absolute atomic E-state index is 0.152. The average Bonchev–Trinajstić information content (AvgIpc) is 3.48. The van der Waals surface area contributed by atoms with Crippen LogP contribution in [0.2, 0.25) is 0 Å². The second-order valence-corrected chi connectivity index (χ2v) is 10.6. The molecule has 2 aliphatic rings. The summed E-state index contributed by atoms with van der Waals surface area (Å²) in [6, 6.07) is 5.09. The maximum Gasteiger partial charge on any atom is 0.270 e. The van der Waals surface area contributed by atoms with Gasteiger partial charge in [-0.25, -0.2) is 13.9 Å². The molecule has 0 saturated heterocycles. The number of nitrogens with zero attached hydrogens (tertiary/aromatic N) is 5. The number of nitrogens with one attached hydrogen (secondary N) is 2. The number of carbonyl (C=O) groups is 3. The van der Waals surface area contributed by atoms with Crippen LogP contribution in [0.5, 0.6) is 0 Å². The molecule has 1 aliphatic heterocycles. The number of anilines is 2. The van der Waals surface area contributed by atoms with Gasteiger partial charge in [-0.2, -0.15) is 5.10 Å². The number of halogens is 1. The van der Waals surface area contributed by atoms with Crippen molar-refractivity contribution >= 4 is 34.7 Å². The van der Waals surface area contributed by atoms with Crippen molar-refractivity contribution in [3.05, 3.63) is 53.0 Å². The molecule has 1 saturated carbocycles. The van der Waals surface area contributed by atoms with Gasteiger partial charge >= 0.3 is 0 Å². The number of benzene rings is 1. The third-order valence-electron chi connectivity index (χ3n) is 6.74. The molecule has 0 bridgehead atoms. The smallest absolute Gasteiger partial charge is 0.270 e. The first-order chi connectivity index (χ1) is 17.9. The van der Waals surface area contributed by atoms with E-state index in [-0.39, 0.29) is 47.9 Å². The summed E-state index contributed by atoms with van der Waals surface area (Å²) in [6.45, 7) is 2.63. The zero-order valence-corrected chi connectivity index (χ0v) is 21.7. The van der Waals surface area contributed by atoms with E-state index in [9.17, 15) is 23.9 Å². The number of carbonyl (C=O) groups excluding carboxylic acids is 3. The lowest BCUT2D eigenvalue weighted by Crippen LogP contribution is -2.42. The standard InChI is InChI=1S/C26H30FN7O4/c1-26(2,38)21(27)13-33-12-14-9-19(20(32(3)4)10-16(14)25(33)37)31-23(35)17-11-28-34-8-7-18(30-22(17)34)24(36)29-15-5-6-15/h7-11,15,21,38H,5-6,12-13H2,1-4H3,(H,29,36)(H,31,35). The third-order valence-corrected chi connectivity index (χ3v) is 6.74. The van der Waals surface area contributed by atoms with Crippen molar-refractivity contribution in [1.82, 2.24) is 24.8 Å². The van der Waals surface area contributed by atoms with E-state index in [1.54, 1.807) is 43.4 Å². The molecule has 3 amide bonds. The Morgan fingerprint density at radius 1 is 1.26 bits per heavy atom. The number of fused-ring (bicyclic) bond motifs is 2. The summed E-state index contributed by atoms with van der Waals surface area (Å²) in [7, 11) is 3.56. The lowest BCUT2D eigenvalue weighted by molar-refractivity contribution is -0.0159. The number of alkyl halides is 1. The highest BCUT2D eigenvalue weighted by atomic mass is 19.1. The second-order valence-electron chi connectivity index (χ2n) is 10.6. The zero-order chi connectivity index (χ0) is 27.4. The molecule has 38 heavy (non-hydrogen) atoms. The van der Waals surface area contributed by atoms with E-state index < -0.39 is 17.7 Å². The van der Waals surface area contributed by atoms with Crippen LogP contribution < -0.4 is 15.5 Å². The molecule has 12 heteroatoms. The van der Waals surface area contributed by atoms with Gasteiger partial charge in [-0.1, -0.05) is 0 Å². The fourth-order valence-corrected chi connectivity index (χ4v) is 4.28. The maximum absolute atomic E-state index is 14.5. The van der Waals surface area contributed by atoms with E-state index >= 15 is 0 Å². The lowest BCUT2D eigenvalue weighted by atomic mass is 10.0. The molecule has 200 valence electrons. The predicted molar refractivity (Wildman–Crippen MR) is 138 cm³/mol. The number of amides is 3. The monoisotopic (exact) mass is 523 g/mol. The number of hydrogen-bond acceptors (Lipinski definition) is 7. The summed E-state index contributed by atoms with van der Waals surface area (Å²) >= 11 is 0. The summed E-state index contributed by atoms with van der Waals surface area (Å²) in [5.74, 6) is -1.12. The van der Waals surface area contributed by atoms with Gasteiger partial charge in [-0.15, -0.1) is 0 Å². The first-order valence-electron chi connectivity index (χ1n) is 12.4. The Morgan fingerprint density at radius 2 is 2.00 bits per heavy atom. The first kappa shape index (κ1) is 25.6. The van der Waals surface area contributed by atoms with Gasteiger partial charge in [0, 0.05) is 38.4 Å². The lowest BCUT2D eigenvalue weighted by Gasteiger charge is -2.26. The minimum Gasteiger partial charge on any atom is -0.387 e. The van der Waals surface area contributed by atoms with Crippen LogP contribution in [0.4, 0.5) is 15.8 Å². The molecular formula is C26H30FN7O4. The van der Waals surface area contributed by atoms with Crippen LogP contribution in [0.15, 0.2) is 30.6 Å². The SMILES string of the molecule is CN(C)c1cc2c(cc1NC(=O)c1cnn3ccc(C(=O)NC4CC4)nc13)CN(CC(F)C(C)(C)O)C2=O. The molecule has 5 rings (SSSR count). The van der Waals surface area contributed by atoms with Gasteiger partial charge in [0.15, 0.2) is 5.65 Å². The first-order valence-corrected chi connectivity index (χ1v) is 12.4. The quantitative estimate of drug-likeness (QED) is 0.412. The van der Waals surface area contributed by atoms with Crippen LogP contribution in [-0.2, 0) is 6.54 Å². The molecule has 0 radical (unpaired) electrons. The summed E-state index contributed by atoms with van der Waals surface area (Å²) in [5, 5.41) is 19.9. The average molecular weight is 524 g/mol. The molecule has 0 spiro atoms. The summed E-state index contributed by atoms with van der Waals surface area (Å²) < 4.78 is 15.9. The Bertz CT molecular complexity index is 1440. The number of hydrogen-bond donors (Lipinski definition) is 3. The Kier molecular flexibility index (Phi) is 6.30. The number of aliphatic hydroxyl groups is 1. The molecule has 3 N–H and O–H groups in total. The zero-order valence-electron chi connectivity index (χ0n) is 21.7. The van der Waals surface area contributed by atoms with Gasteiger partial charge in [0.1, 0.15) is 17.4 Å². The van der Waals surface area contributed by atoms with Crippen LogP contribution in [0.3, 0.4) is 0 Å². The van der Waals surface area contributed by atoms with E-state index in [0.717, 1.165) is 12.8 Å². The van der Waals surface area contributed by atoms with E-state index in [4.69, 9.17) is 0 Å². The Hall–Kier alpha value is -4.06. The molecular weight excluding hydrogens is 493 g/mol. The predicted octanol–water partition coefficient (Wildman–Crippen LogP) is 2.00. The fraction of sp³-hybridized carbons (Fsp3) is 0.423. The van der Waals surface area contributed by atoms with Crippen molar-refractivity contribution in [2.75, 3.05) is 30.9 Å². The molecule has 1 aliphatic carbocycles.